The number of fused-ring (bicyclic) bond motifs is 1. The van der Waals surface area contributed by atoms with Crippen molar-refractivity contribution in [1.29, 1.82) is 0 Å². The molecule has 294 valence electrons. The first-order valence-electron chi connectivity index (χ1n) is 23.3. The highest BCUT2D eigenvalue weighted by atomic mass is 31.1. The molecule has 4 saturated carbocycles. The Kier molecular flexibility index (Phi) is 12.5. The Balaban J connectivity index is 0.000000246. The molecular weight excluding hydrogens is 684 g/mol. The third-order valence-corrected chi connectivity index (χ3v) is 14.7. The minimum absolute atomic E-state index is 0.0784. The van der Waals surface area contributed by atoms with Crippen LogP contribution < -0.4 is 10.6 Å². The first-order chi connectivity index (χ1) is 28.3. The molecule has 0 aliphatic heterocycles. The second-order valence-electron chi connectivity index (χ2n) is 16.8. The quantitative estimate of drug-likeness (QED) is 0.200. The highest BCUT2D eigenvalue weighted by molar-refractivity contribution is 7.68. The van der Waals surface area contributed by atoms with E-state index in [1.165, 1.54) is 33.7 Å². The summed E-state index contributed by atoms with van der Waals surface area (Å²) in [4.78, 5) is 0. The molecular formula is C49H69O4P. The molecule has 2 aromatic rings. The van der Waals surface area contributed by atoms with Crippen molar-refractivity contribution >= 4 is 18.8 Å². The van der Waals surface area contributed by atoms with Crippen LogP contribution in [0.5, 0.6) is 0 Å². The Morgan fingerprint density at radius 2 is 1.56 bits per heavy atom. The van der Waals surface area contributed by atoms with Gasteiger partial charge in [-0.15, -0.1) is 0 Å². The number of hydrogen-bond acceptors (Lipinski definition) is 4. The van der Waals surface area contributed by atoms with Crippen LogP contribution >= 0.6 is 8.15 Å². The molecule has 2 aromatic carbocycles. The van der Waals surface area contributed by atoms with E-state index in [0.717, 1.165) is 74.9 Å². The van der Waals surface area contributed by atoms with E-state index >= 15 is 0 Å². The van der Waals surface area contributed by atoms with Gasteiger partial charge in [0.25, 0.3) is 0 Å². The minimum Gasteiger partial charge on any atom is -0.393 e. The highest BCUT2D eigenvalue weighted by Gasteiger charge is 2.50. The molecule has 0 radical (unpaired) electrons. The summed E-state index contributed by atoms with van der Waals surface area (Å²) in [5.74, 6) is 1.72. The van der Waals surface area contributed by atoms with Gasteiger partial charge in [-0.2, -0.15) is 0 Å². The van der Waals surface area contributed by atoms with Crippen molar-refractivity contribution in [3.8, 4) is 0 Å². The average molecular weight is 759 g/mol. The first-order valence-corrected chi connectivity index (χ1v) is 21.6. The molecule has 0 unspecified atom stereocenters. The molecule has 4 fully saturated rings. The molecule has 5 heteroatoms. The maximum absolute atomic E-state index is 10.6. The summed E-state index contributed by atoms with van der Waals surface area (Å²) in [5, 5.41) is 33.8. The van der Waals surface area contributed by atoms with Crippen molar-refractivity contribution in [2.24, 2.45) is 29.1 Å². The van der Waals surface area contributed by atoms with Crippen molar-refractivity contribution in [3.05, 3.63) is 120 Å². The fourth-order valence-corrected chi connectivity index (χ4v) is 11.2. The SMILES string of the molecule is C=C1CC[C@H](C)C/C1=C/COP(c1ccccc1)c1ccccc1.[2H]C([2H])([2H])C(O)([C@H](O)CC[C@@H](C)[C@H]1CC[C@H]2/C(=C/C=C3/C[C@@H](O)CCC3=C)CCC[C@]12C)C([2H])([2H])[2H]. The molecule has 4 nitrogen and oxygen atoms in total. The Morgan fingerprint density at radius 3 is 2.22 bits per heavy atom. The number of rotatable bonds is 11. The lowest BCUT2D eigenvalue weighted by Crippen LogP contribution is -2.38. The zero-order valence-electron chi connectivity index (χ0n) is 39.0. The van der Waals surface area contributed by atoms with Crippen molar-refractivity contribution in [2.45, 2.75) is 136 Å². The molecule has 54 heavy (non-hydrogen) atoms. The van der Waals surface area contributed by atoms with Crippen LogP contribution in [0.15, 0.2) is 120 Å². The third-order valence-electron chi connectivity index (χ3n) is 12.8. The van der Waals surface area contributed by atoms with E-state index in [-0.39, 0.29) is 23.9 Å². The lowest BCUT2D eigenvalue weighted by Gasteiger charge is -2.44. The zero-order valence-corrected chi connectivity index (χ0v) is 33.9. The Hall–Kier alpha value is -2.59. The Morgan fingerprint density at radius 1 is 0.907 bits per heavy atom. The number of benzene rings is 2. The van der Waals surface area contributed by atoms with Gasteiger partial charge in [-0.25, -0.2) is 0 Å². The summed E-state index contributed by atoms with van der Waals surface area (Å²) in [6.07, 6.45) is 16.0. The smallest absolute Gasteiger partial charge is 0.0922 e. The van der Waals surface area contributed by atoms with E-state index in [2.05, 4.69) is 113 Å². The summed E-state index contributed by atoms with van der Waals surface area (Å²) >= 11 is 0. The van der Waals surface area contributed by atoms with Crippen molar-refractivity contribution in [1.82, 2.24) is 0 Å². The van der Waals surface area contributed by atoms with Crippen LogP contribution in [0, 0.1) is 29.1 Å². The fourth-order valence-electron chi connectivity index (χ4n) is 9.51. The average Bonchev–Trinajstić information content (AvgIpc) is 3.57. The lowest BCUT2D eigenvalue weighted by molar-refractivity contribution is -0.0554. The van der Waals surface area contributed by atoms with Crippen molar-refractivity contribution < 1.29 is 28.1 Å². The van der Waals surface area contributed by atoms with Crippen LogP contribution in [0.25, 0.3) is 0 Å². The number of allylic oxidation sites excluding steroid dienone is 6. The van der Waals surface area contributed by atoms with Gasteiger partial charge in [0, 0.05) is 18.8 Å². The highest BCUT2D eigenvalue weighted by Crippen LogP contribution is 2.60. The normalized spacial score (nSPS) is 31.7. The molecule has 0 bridgehead atoms. The monoisotopic (exact) mass is 759 g/mol. The van der Waals surface area contributed by atoms with E-state index in [4.69, 9.17) is 12.7 Å². The standard InChI is InChI=1S/C27H44O3.C22H25OP/c1-18-8-12-22(28)17-21(18)11-10-20-7-6-16-27(5)23(13-14-24(20)27)19(2)9-15-25(29)26(3,4)30;1-18-13-14-19(2)20(17-18)15-16-23-24(21-9-5-3-6-10-21)22-11-7-4-8-12-22/h10-11,19,22-25,28-30H,1,6-9,12-17H2,2-5H3;3-12,15,18H,2,13-14,16-17H2,1H3/b20-10+,21-11-;20-15-/t19-,22+,23-,24+,25-,27-;18-/m10/s1/i3D3,4D3;. The van der Waals surface area contributed by atoms with E-state index in [9.17, 15) is 15.3 Å². The summed E-state index contributed by atoms with van der Waals surface area (Å²) in [5.41, 5.74) is 3.32. The van der Waals surface area contributed by atoms with Gasteiger partial charge in [-0.1, -0.05) is 130 Å². The molecule has 0 amide bonds. The predicted octanol–water partition coefficient (Wildman–Crippen LogP) is 11.1. The fraction of sp³-hybridized carbons (Fsp3) is 0.551. The number of aliphatic hydroxyl groups excluding tert-OH is 2. The molecule has 4 aliphatic carbocycles. The molecule has 0 saturated heterocycles. The van der Waals surface area contributed by atoms with E-state index in [1.54, 1.807) is 0 Å². The maximum Gasteiger partial charge on any atom is 0.0922 e. The molecule has 6 rings (SSSR count). The van der Waals surface area contributed by atoms with Gasteiger partial charge in [0.1, 0.15) is 0 Å². The van der Waals surface area contributed by atoms with Gasteiger partial charge in [0.15, 0.2) is 0 Å². The molecule has 7 atom stereocenters. The van der Waals surface area contributed by atoms with E-state index in [1.807, 2.05) is 0 Å². The van der Waals surface area contributed by atoms with Crippen LogP contribution in [0.2, 0.25) is 0 Å². The number of aliphatic hydroxyl groups is 3. The Bertz CT molecular complexity index is 1780. The van der Waals surface area contributed by atoms with Crippen LogP contribution in [0.3, 0.4) is 0 Å². The summed E-state index contributed by atoms with van der Waals surface area (Å²) in [7, 11) is -0.777. The van der Waals surface area contributed by atoms with E-state index in [0.29, 0.717) is 31.3 Å². The number of hydrogen-bond donors (Lipinski definition) is 3. The molecule has 0 heterocycles. The Labute approximate surface area is 337 Å². The van der Waals surface area contributed by atoms with Gasteiger partial charge in [0.2, 0.25) is 0 Å². The van der Waals surface area contributed by atoms with Gasteiger partial charge in [-0.05, 0) is 137 Å². The zero-order chi connectivity index (χ0) is 43.9. The molecule has 0 spiro atoms. The van der Waals surface area contributed by atoms with Crippen LogP contribution in [-0.4, -0.2) is 39.7 Å². The van der Waals surface area contributed by atoms with Crippen molar-refractivity contribution in [2.75, 3.05) is 6.61 Å². The topological polar surface area (TPSA) is 69.9 Å². The van der Waals surface area contributed by atoms with Crippen LogP contribution in [-0.2, 0) is 4.52 Å². The lowest BCUT2D eigenvalue weighted by atomic mass is 9.60. The predicted molar refractivity (Wildman–Crippen MR) is 229 cm³/mol. The third kappa shape index (κ3) is 11.3. The molecule has 4 aliphatic rings. The molecule has 0 aromatic heterocycles. The minimum atomic E-state index is -3.22. The summed E-state index contributed by atoms with van der Waals surface area (Å²) in [6, 6.07) is 21.1. The summed E-state index contributed by atoms with van der Waals surface area (Å²) < 4.78 is 51.8. The van der Waals surface area contributed by atoms with Crippen LogP contribution in [0.1, 0.15) is 126 Å². The largest absolute Gasteiger partial charge is 0.393 e. The van der Waals surface area contributed by atoms with Gasteiger partial charge < -0.3 is 19.8 Å². The maximum atomic E-state index is 10.6. The second-order valence-corrected chi connectivity index (χ2v) is 18.7. The summed E-state index contributed by atoms with van der Waals surface area (Å²) in [6.45, 7) is 9.37. The van der Waals surface area contributed by atoms with Crippen molar-refractivity contribution in [3.63, 3.8) is 0 Å². The van der Waals surface area contributed by atoms with E-state index < -0.39 is 33.6 Å². The second kappa shape index (κ2) is 19.5. The van der Waals surface area contributed by atoms with Gasteiger partial charge in [-0.3, -0.25) is 0 Å². The molecule has 3 N–H and O–H groups in total. The van der Waals surface area contributed by atoms with Gasteiger partial charge >= 0.3 is 0 Å². The van der Waals surface area contributed by atoms with Crippen LogP contribution in [0.4, 0.5) is 0 Å². The van der Waals surface area contributed by atoms with Gasteiger partial charge in [0.05, 0.1) is 32.6 Å². The first kappa shape index (κ1) is 34.6.